The van der Waals surface area contributed by atoms with E-state index in [9.17, 15) is 0 Å². The number of benzene rings is 2. The SMILES string of the molecule is CCCC/C=C/CCCCCC[N+](CCCCCC/C=C/CCCC)(Cc1ccccc1)Cc1ccccc1. The standard InChI is InChI=1S/C38H60N/c1-3-5-7-9-11-13-15-17-19-27-33-39(35-37-29-23-21-24-30-37,36-38-31-25-22-26-32-38)34-28-20-18-16-14-12-10-8-6-4-2/h9-12,21-26,29-32H,3-8,13-20,27-28,33-36H2,1-2H3/q+1/b11-9+,12-10+. The van der Waals surface area contributed by atoms with Gasteiger partial charge < -0.3 is 4.48 Å². The Labute approximate surface area is 243 Å². The Kier molecular flexibility index (Phi) is 19.2. The summed E-state index contributed by atoms with van der Waals surface area (Å²) in [5, 5.41) is 0. The summed E-state index contributed by atoms with van der Waals surface area (Å²) in [6, 6.07) is 22.5. The molecule has 0 N–H and O–H groups in total. The van der Waals surface area contributed by atoms with E-state index < -0.39 is 0 Å². The summed E-state index contributed by atoms with van der Waals surface area (Å²) in [6.45, 7) is 9.42. The highest BCUT2D eigenvalue weighted by molar-refractivity contribution is 5.15. The van der Waals surface area contributed by atoms with E-state index in [2.05, 4.69) is 98.8 Å². The van der Waals surface area contributed by atoms with Crippen molar-refractivity contribution in [2.75, 3.05) is 13.1 Å². The molecule has 0 radical (unpaired) electrons. The molecule has 0 aliphatic heterocycles. The summed E-state index contributed by atoms with van der Waals surface area (Å²) >= 11 is 0. The van der Waals surface area contributed by atoms with Gasteiger partial charge in [-0.3, -0.25) is 0 Å². The number of unbranched alkanes of at least 4 members (excludes halogenated alkanes) is 12. The minimum Gasteiger partial charge on any atom is -0.316 e. The Morgan fingerprint density at radius 2 is 0.795 bits per heavy atom. The number of quaternary nitrogens is 1. The molecule has 39 heavy (non-hydrogen) atoms. The smallest absolute Gasteiger partial charge is 0.105 e. The second-order valence-electron chi connectivity index (χ2n) is 11.7. The first-order valence-electron chi connectivity index (χ1n) is 16.5. The lowest BCUT2D eigenvalue weighted by molar-refractivity contribution is -0.954. The Hall–Kier alpha value is -2.12. The van der Waals surface area contributed by atoms with E-state index in [1.807, 2.05) is 0 Å². The van der Waals surface area contributed by atoms with Crippen LogP contribution in [0.3, 0.4) is 0 Å². The van der Waals surface area contributed by atoms with E-state index >= 15 is 0 Å². The molecule has 2 rings (SSSR count). The lowest BCUT2D eigenvalue weighted by Gasteiger charge is -2.39. The Morgan fingerprint density at radius 3 is 1.18 bits per heavy atom. The fourth-order valence-electron chi connectivity index (χ4n) is 5.67. The van der Waals surface area contributed by atoms with Crippen LogP contribution in [0.5, 0.6) is 0 Å². The van der Waals surface area contributed by atoms with Gasteiger partial charge in [0.05, 0.1) is 13.1 Å². The zero-order valence-electron chi connectivity index (χ0n) is 25.7. The van der Waals surface area contributed by atoms with E-state index in [4.69, 9.17) is 0 Å². The first-order valence-corrected chi connectivity index (χ1v) is 16.5. The third kappa shape index (κ3) is 16.6. The van der Waals surface area contributed by atoms with Crippen molar-refractivity contribution in [3.63, 3.8) is 0 Å². The summed E-state index contributed by atoms with van der Waals surface area (Å²) in [7, 11) is 0. The van der Waals surface area contributed by atoms with Gasteiger partial charge in [-0.15, -0.1) is 0 Å². The van der Waals surface area contributed by atoms with E-state index in [1.165, 1.54) is 131 Å². The number of nitrogens with zero attached hydrogens (tertiary/aromatic N) is 1. The predicted octanol–water partition coefficient (Wildman–Crippen LogP) is 11.6. The summed E-state index contributed by atoms with van der Waals surface area (Å²) in [4.78, 5) is 0. The molecule has 0 aliphatic carbocycles. The molecule has 2 aromatic rings. The molecular weight excluding hydrogens is 470 g/mol. The second-order valence-corrected chi connectivity index (χ2v) is 11.7. The Balaban J connectivity index is 1.93. The van der Waals surface area contributed by atoms with E-state index in [1.54, 1.807) is 0 Å². The van der Waals surface area contributed by atoms with Gasteiger partial charge in [0.1, 0.15) is 13.1 Å². The molecule has 0 fully saturated rings. The highest BCUT2D eigenvalue weighted by Gasteiger charge is 2.27. The monoisotopic (exact) mass is 530 g/mol. The van der Waals surface area contributed by atoms with Crippen LogP contribution in [-0.4, -0.2) is 17.6 Å². The van der Waals surface area contributed by atoms with Gasteiger partial charge >= 0.3 is 0 Å². The number of hydrogen-bond donors (Lipinski definition) is 0. The molecule has 0 atom stereocenters. The van der Waals surface area contributed by atoms with E-state index in [0.717, 1.165) is 13.1 Å². The topological polar surface area (TPSA) is 0 Å². The maximum atomic E-state index is 2.42. The van der Waals surface area contributed by atoms with Crippen molar-refractivity contribution in [1.82, 2.24) is 0 Å². The van der Waals surface area contributed by atoms with Crippen molar-refractivity contribution in [3.05, 3.63) is 96.1 Å². The maximum absolute atomic E-state index is 2.42. The van der Waals surface area contributed by atoms with Crippen molar-refractivity contribution < 1.29 is 4.48 Å². The van der Waals surface area contributed by atoms with Crippen LogP contribution >= 0.6 is 0 Å². The minimum atomic E-state index is 1.15. The van der Waals surface area contributed by atoms with Crippen LogP contribution < -0.4 is 0 Å². The van der Waals surface area contributed by atoms with Gasteiger partial charge in [-0.1, -0.05) is 137 Å². The molecule has 0 saturated heterocycles. The van der Waals surface area contributed by atoms with Gasteiger partial charge in [-0.25, -0.2) is 0 Å². The molecule has 2 aromatic carbocycles. The molecule has 1 nitrogen and oxygen atoms in total. The molecule has 0 heterocycles. The predicted molar refractivity (Wildman–Crippen MR) is 174 cm³/mol. The van der Waals surface area contributed by atoms with Gasteiger partial charge in [0.2, 0.25) is 0 Å². The van der Waals surface area contributed by atoms with E-state index in [0.29, 0.717) is 0 Å². The molecule has 0 amide bonds. The van der Waals surface area contributed by atoms with Crippen LogP contribution in [0.1, 0.15) is 128 Å². The van der Waals surface area contributed by atoms with Crippen molar-refractivity contribution in [2.45, 2.75) is 130 Å². The Morgan fingerprint density at radius 1 is 0.436 bits per heavy atom. The Bertz CT molecular complexity index is 777. The highest BCUT2D eigenvalue weighted by Crippen LogP contribution is 2.24. The normalized spacial score (nSPS) is 12.2. The molecule has 216 valence electrons. The van der Waals surface area contributed by atoms with Crippen molar-refractivity contribution in [1.29, 1.82) is 0 Å². The zero-order valence-corrected chi connectivity index (χ0v) is 25.7. The van der Waals surface area contributed by atoms with Crippen LogP contribution in [-0.2, 0) is 13.1 Å². The van der Waals surface area contributed by atoms with Gasteiger partial charge in [0.15, 0.2) is 0 Å². The third-order valence-corrected chi connectivity index (χ3v) is 8.01. The first kappa shape index (κ1) is 33.1. The quantitative estimate of drug-likeness (QED) is 0.0719. The number of hydrogen-bond acceptors (Lipinski definition) is 0. The van der Waals surface area contributed by atoms with Crippen LogP contribution in [0.2, 0.25) is 0 Å². The average Bonchev–Trinajstić information content (AvgIpc) is 2.96. The van der Waals surface area contributed by atoms with Crippen LogP contribution in [0.4, 0.5) is 0 Å². The number of allylic oxidation sites excluding steroid dienone is 4. The molecule has 1 heteroatoms. The van der Waals surface area contributed by atoms with Crippen LogP contribution in [0.15, 0.2) is 85.0 Å². The van der Waals surface area contributed by atoms with Gasteiger partial charge in [0.25, 0.3) is 0 Å². The highest BCUT2D eigenvalue weighted by atomic mass is 15.3. The first-order chi connectivity index (χ1) is 19.3. The van der Waals surface area contributed by atoms with Gasteiger partial charge in [0, 0.05) is 11.1 Å². The lowest BCUT2D eigenvalue weighted by atomic mass is 10.0. The minimum absolute atomic E-state index is 1.15. The molecular formula is C38H60N+. The molecule has 0 spiro atoms. The van der Waals surface area contributed by atoms with Gasteiger partial charge in [-0.2, -0.15) is 0 Å². The molecule has 0 saturated carbocycles. The fourth-order valence-corrected chi connectivity index (χ4v) is 5.67. The second kappa shape index (κ2) is 22.7. The van der Waals surface area contributed by atoms with Crippen molar-refractivity contribution in [2.24, 2.45) is 0 Å². The van der Waals surface area contributed by atoms with Gasteiger partial charge in [-0.05, 0) is 64.2 Å². The average molecular weight is 531 g/mol. The zero-order chi connectivity index (χ0) is 27.7. The van der Waals surface area contributed by atoms with Crippen molar-refractivity contribution >= 4 is 0 Å². The maximum Gasteiger partial charge on any atom is 0.105 e. The lowest BCUT2D eigenvalue weighted by Crippen LogP contribution is -2.48. The molecule has 0 bridgehead atoms. The van der Waals surface area contributed by atoms with Crippen LogP contribution in [0, 0.1) is 0 Å². The molecule has 0 unspecified atom stereocenters. The third-order valence-electron chi connectivity index (χ3n) is 8.01. The summed E-state index contributed by atoms with van der Waals surface area (Å²) in [5.41, 5.74) is 2.98. The summed E-state index contributed by atoms with van der Waals surface area (Å²) in [5.74, 6) is 0. The van der Waals surface area contributed by atoms with E-state index in [-0.39, 0.29) is 0 Å². The molecule has 0 aliphatic rings. The summed E-state index contributed by atoms with van der Waals surface area (Å²) < 4.78 is 1.20. The van der Waals surface area contributed by atoms with Crippen molar-refractivity contribution in [3.8, 4) is 0 Å². The summed E-state index contributed by atoms with van der Waals surface area (Å²) in [6.07, 6.45) is 30.7. The largest absolute Gasteiger partial charge is 0.316 e. The van der Waals surface area contributed by atoms with Crippen LogP contribution in [0.25, 0.3) is 0 Å². The molecule has 0 aromatic heterocycles. The fraction of sp³-hybridized carbons (Fsp3) is 0.579. The number of rotatable bonds is 24.